The van der Waals surface area contributed by atoms with Crippen LogP contribution < -0.4 is 10.6 Å². The lowest BCUT2D eigenvalue weighted by atomic mass is 10.0. The third kappa shape index (κ3) is 21.7. The van der Waals surface area contributed by atoms with Gasteiger partial charge in [-0.2, -0.15) is 0 Å². The maximum absolute atomic E-state index is 14.0. The molecule has 0 aliphatic carbocycles. The van der Waals surface area contributed by atoms with Crippen molar-refractivity contribution >= 4 is 5.91 Å². The Bertz CT molecular complexity index is 362. The second-order valence-corrected chi connectivity index (χ2v) is 6.41. The van der Waals surface area contributed by atoms with Crippen molar-refractivity contribution in [2.75, 3.05) is 79.6 Å². The fraction of sp³-hybridized carbons (Fsp3) is 0.950. The van der Waals surface area contributed by atoms with Crippen molar-refractivity contribution in [3.8, 4) is 0 Å². The maximum atomic E-state index is 14.0. The minimum absolute atomic E-state index is 0.0683. The van der Waals surface area contributed by atoms with E-state index in [1.54, 1.807) is 13.8 Å². The topological polar surface area (TPSA) is 87.3 Å². The quantitative estimate of drug-likeness (QED) is 0.303. The Labute approximate surface area is 176 Å². The summed E-state index contributed by atoms with van der Waals surface area (Å²) in [4.78, 5) is 10.8. The van der Waals surface area contributed by atoms with Crippen LogP contribution in [0.3, 0.4) is 0 Å². The monoisotopic (exact) mass is 426 g/mol. The molecule has 0 aromatic heterocycles. The van der Waals surface area contributed by atoms with Crippen molar-refractivity contribution in [3.05, 3.63) is 0 Å². The molecule has 0 aliphatic heterocycles. The first-order valence-electron chi connectivity index (χ1n) is 10.4. The zero-order chi connectivity index (χ0) is 22.4. The lowest BCUT2D eigenvalue weighted by Crippen LogP contribution is -2.44. The number of hydrogen-bond donors (Lipinski definition) is 2. The molecule has 2 N–H and O–H groups in total. The van der Waals surface area contributed by atoms with Crippen molar-refractivity contribution in [1.82, 2.24) is 10.6 Å². The third-order valence-electron chi connectivity index (χ3n) is 3.60. The number of rotatable bonds is 19. The van der Waals surface area contributed by atoms with Gasteiger partial charge in [-0.05, 0) is 20.9 Å². The number of likely N-dealkylation sites (N-methyl/N-ethyl adjacent to an activating group) is 1. The Balaban J connectivity index is 0. The molecule has 8 nitrogen and oxygen atoms in total. The van der Waals surface area contributed by atoms with Crippen LogP contribution in [0.4, 0.5) is 4.39 Å². The molecule has 0 saturated heterocycles. The third-order valence-corrected chi connectivity index (χ3v) is 3.60. The summed E-state index contributed by atoms with van der Waals surface area (Å²) in [5.41, 5.74) is -0.990. The molecule has 0 aromatic carbocycles. The highest BCUT2D eigenvalue weighted by molar-refractivity contribution is 5.72. The van der Waals surface area contributed by atoms with Gasteiger partial charge in [0.05, 0.1) is 71.6 Å². The zero-order valence-corrected chi connectivity index (χ0v) is 19.2. The number of ether oxygens (including phenoxy) is 5. The van der Waals surface area contributed by atoms with Gasteiger partial charge >= 0.3 is 0 Å². The summed E-state index contributed by atoms with van der Waals surface area (Å²) in [6, 6.07) is 0. The van der Waals surface area contributed by atoms with E-state index in [9.17, 15) is 9.18 Å². The summed E-state index contributed by atoms with van der Waals surface area (Å²) in [7, 11) is 1.88. The Morgan fingerprint density at radius 2 is 1.28 bits per heavy atom. The maximum Gasteiger partial charge on any atom is 0.216 e. The van der Waals surface area contributed by atoms with Gasteiger partial charge in [-0.15, -0.1) is 0 Å². The normalized spacial score (nSPS) is 12.2. The van der Waals surface area contributed by atoms with Gasteiger partial charge in [0.15, 0.2) is 0 Å². The van der Waals surface area contributed by atoms with Crippen LogP contribution >= 0.6 is 0 Å². The summed E-state index contributed by atoms with van der Waals surface area (Å²) in [5.74, 6) is -0.264. The number of amides is 1. The molecule has 0 aromatic rings. The molecule has 0 saturated carbocycles. The minimum Gasteiger partial charge on any atom is -0.378 e. The summed E-state index contributed by atoms with van der Waals surface area (Å²) in [5, 5.41) is 5.44. The SMILES string of the molecule is CC.CNCCOCCOCCOCCOCCOC(C)(C)C(F)CNC(C)=O. The molecule has 1 amide bonds. The predicted octanol–water partition coefficient (Wildman–Crippen LogP) is 1.57. The van der Waals surface area contributed by atoms with Gasteiger partial charge in [-0.25, -0.2) is 4.39 Å². The molecule has 176 valence electrons. The molecule has 29 heavy (non-hydrogen) atoms. The first-order chi connectivity index (χ1) is 13.9. The highest BCUT2D eigenvalue weighted by Gasteiger charge is 2.30. The van der Waals surface area contributed by atoms with E-state index < -0.39 is 11.8 Å². The lowest BCUT2D eigenvalue weighted by Gasteiger charge is -2.29. The van der Waals surface area contributed by atoms with Crippen LogP contribution in [-0.2, 0) is 28.5 Å². The van der Waals surface area contributed by atoms with Gasteiger partial charge in [-0.3, -0.25) is 4.79 Å². The van der Waals surface area contributed by atoms with E-state index in [-0.39, 0.29) is 19.1 Å². The molecule has 1 atom stereocenters. The van der Waals surface area contributed by atoms with Gasteiger partial charge < -0.3 is 34.3 Å². The van der Waals surface area contributed by atoms with Crippen LogP contribution in [0.5, 0.6) is 0 Å². The van der Waals surface area contributed by atoms with Crippen LogP contribution in [0.2, 0.25) is 0 Å². The number of halogens is 1. The molecule has 1 unspecified atom stereocenters. The summed E-state index contributed by atoms with van der Waals surface area (Å²) >= 11 is 0. The molecule has 0 radical (unpaired) electrons. The van der Waals surface area contributed by atoms with Crippen LogP contribution in [0.15, 0.2) is 0 Å². The van der Waals surface area contributed by atoms with Crippen LogP contribution in [0.1, 0.15) is 34.6 Å². The van der Waals surface area contributed by atoms with Gasteiger partial charge in [0.1, 0.15) is 6.17 Å². The molecule has 9 heteroatoms. The molecular formula is C20H43FN2O6. The number of hydrogen-bond acceptors (Lipinski definition) is 7. The Morgan fingerprint density at radius 1 is 0.862 bits per heavy atom. The van der Waals surface area contributed by atoms with Crippen molar-refractivity contribution in [1.29, 1.82) is 0 Å². The van der Waals surface area contributed by atoms with Gasteiger partial charge in [0.2, 0.25) is 5.91 Å². The largest absolute Gasteiger partial charge is 0.378 e. The van der Waals surface area contributed by atoms with Gasteiger partial charge in [0.25, 0.3) is 0 Å². The first kappa shape index (κ1) is 30.4. The van der Waals surface area contributed by atoms with Crippen molar-refractivity contribution in [2.24, 2.45) is 0 Å². The average Bonchev–Trinajstić information content (AvgIpc) is 2.70. The molecule has 0 bridgehead atoms. The van der Waals surface area contributed by atoms with Crippen LogP contribution in [-0.4, -0.2) is 97.3 Å². The van der Waals surface area contributed by atoms with E-state index in [1.165, 1.54) is 6.92 Å². The summed E-state index contributed by atoms with van der Waals surface area (Å²) < 4.78 is 40.9. The highest BCUT2D eigenvalue weighted by Crippen LogP contribution is 2.17. The van der Waals surface area contributed by atoms with Gasteiger partial charge in [0, 0.05) is 13.5 Å². The molecule has 0 spiro atoms. The molecular weight excluding hydrogens is 383 g/mol. The van der Waals surface area contributed by atoms with Gasteiger partial charge in [-0.1, -0.05) is 13.8 Å². The van der Waals surface area contributed by atoms with Crippen molar-refractivity contribution in [3.63, 3.8) is 0 Å². The number of alkyl halides is 1. The zero-order valence-electron chi connectivity index (χ0n) is 19.2. The second kappa shape index (κ2) is 21.9. The fourth-order valence-corrected chi connectivity index (χ4v) is 1.87. The van der Waals surface area contributed by atoms with E-state index in [0.717, 1.165) is 6.54 Å². The van der Waals surface area contributed by atoms with Crippen molar-refractivity contribution in [2.45, 2.75) is 46.4 Å². The summed E-state index contributed by atoms with van der Waals surface area (Å²) in [6.07, 6.45) is -1.29. The number of nitrogens with one attached hydrogen (secondary N) is 2. The number of carbonyl (C=O) groups excluding carboxylic acids is 1. The predicted molar refractivity (Wildman–Crippen MR) is 112 cm³/mol. The van der Waals surface area contributed by atoms with E-state index in [1.807, 2.05) is 20.9 Å². The second-order valence-electron chi connectivity index (χ2n) is 6.41. The first-order valence-corrected chi connectivity index (χ1v) is 10.4. The van der Waals surface area contributed by atoms with E-state index in [4.69, 9.17) is 23.7 Å². The van der Waals surface area contributed by atoms with E-state index in [2.05, 4.69) is 10.6 Å². The molecule has 0 heterocycles. The standard InChI is InChI=1S/C18H37FN2O6.C2H6/c1-16(22)21-15-17(19)18(2,3)27-14-13-26-12-11-25-10-9-24-8-7-23-6-5-20-4;1-2/h17,20H,5-15H2,1-4H3,(H,21,22);1-2H3. The minimum atomic E-state index is -1.29. The van der Waals surface area contributed by atoms with Crippen LogP contribution in [0, 0.1) is 0 Å². The molecule has 0 rings (SSSR count). The van der Waals surface area contributed by atoms with E-state index in [0.29, 0.717) is 52.9 Å². The number of carbonyl (C=O) groups is 1. The Morgan fingerprint density at radius 3 is 1.69 bits per heavy atom. The van der Waals surface area contributed by atoms with Crippen molar-refractivity contribution < 1.29 is 32.9 Å². The fourth-order valence-electron chi connectivity index (χ4n) is 1.87. The average molecular weight is 427 g/mol. The summed E-state index contributed by atoms with van der Waals surface area (Å²) in [6.45, 7) is 13.7. The smallest absolute Gasteiger partial charge is 0.216 e. The molecule has 0 fully saturated rings. The Hall–Kier alpha value is -0.840. The lowest BCUT2D eigenvalue weighted by molar-refractivity contribution is -0.120. The highest BCUT2D eigenvalue weighted by atomic mass is 19.1. The Kier molecular flexibility index (Phi) is 22.9. The molecule has 0 aliphatic rings. The van der Waals surface area contributed by atoms with E-state index >= 15 is 0 Å². The van der Waals surface area contributed by atoms with Crippen LogP contribution in [0.25, 0.3) is 0 Å².